The second kappa shape index (κ2) is 6.03. The Labute approximate surface area is 125 Å². The third-order valence-corrected chi connectivity index (χ3v) is 3.03. The fraction of sp³-hybridized carbons (Fsp3) is 0.0714. The van der Waals surface area contributed by atoms with Crippen molar-refractivity contribution in [3.05, 3.63) is 57.6 Å². The first-order valence-electron chi connectivity index (χ1n) is 5.60. The standard InChI is InChI=1S/C14H10Cl2O4/c15-9-5-11(14(18)19)13(12(16)6-9)20-7-8-2-1-3-10(17)4-8/h1-6,17H,7H2,(H,18,19). The number of hydrogen-bond acceptors (Lipinski definition) is 3. The van der Waals surface area contributed by atoms with E-state index in [2.05, 4.69) is 0 Å². The van der Waals surface area contributed by atoms with Crippen LogP contribution >= 0.6 is 23.2 Å². The minimum atomic E-state index is -1.18. The number of rotatable bonds is 4. The van der Waals surface area contributed by atoms with E-state index in [1.165, 1.54) is 24.3 Å². The SMILES string of the molecule is O=C(O)c1cc(Cl)cc(Cl)c1OCc1cccc(O)c1. The largest absolute Gasteiger partial charge is 0.508 e. The lowest BCUT2D eigenvalue weighted by Crippen LogP contribution is -2.04. The van der Waals surface area contributed by atoms with E-state index < -0.39 is 5.97 Å². The minimum Gasteiger partial charge on any atom is -0.508 e. The molecule has 2 N–H and O–H groups in total. The van der Waals surface area contributed by atoms with E-state index in [9.17, 15) is 9.90 Å². The molecule has 0 saturated heterocycles. The van der Waals surface area contributed by atoms with Crippen LogP contribution in [0.15, 0.2) is 36.4 Å². The molecule has 4 nitrogen and oxygen atoms in total. The molecule has 104 valence electrons. The Morgan fingerprint density at radius 1 is 1.20 bits per heavy atom. The van der Waals surface area contributed by atoms with Gasteiger partial charge in [0, 0.05) is 5.02 Å². The van der Waals surface area contributed by atoms with Crippen LogP contribution < -0.4 is 4.74 Å². The molecule has 0 aliphatic carbocycles. The summed E-state index contributed by atoms with van der Waals surface area (Å²) in [5.41, 5.74) is 0.579. The molecule has 2 aromatic carbocycles. The van der Waals surface area contributed by atoms with Crippen molar-refractivity contribution in [2.24, 2.45) is 0 Å². The highest BCUT2D eigenvalue weighted by atomic mass is 35.5. The van der Waals surface area contributed by atoms with Gasteiger partial charge in [0.15, 0.2) is 5.75 Å². The Morgan fingerprint density at radius 2 is 1.95 bits per heavy atom. The number of halogens is 2. The van der Waals surface area contributed by atoms with E-state index in [4.69, 9.17) is 33.0 Å². The van der Waals surface area contributed by atoms with Gasteiger partial charge in [-0.15, -0.1) is 0 Å². The van der Waals surface area contributed by atoms with Gasteiger partial charge >= 0.3 is 5.97 Å². The molecule has 2 aromatic rings. The molecule has 0 aromatic heterocycles. The summed E-state index contributed by atoms with van der Waals surface area (Å²) < 4.78 is 5.44. The summed E-state index contributed by atoms with van der Waals surface area (Å²) in [4.78, 5) is 11.2. The predicted molar refractivity (Wildman–Crippen MR) is 75.9 cm³/mol. The Hall–Kier alpha value is -1.91. The van der Waals surface area contributed by atoms with Gasteiger partial charge in [-0.3, -0.25) is 0 Å². The number of carboxylic acid groups (broad SMARTS) is 1. The number of phenols is 1. The van der Waals surface area contributed by atoms with Crippen molar-refractivity contribution in [2.45, 2.75) is 6.61 Å². The number of hydrogen-bond donors (Lipinski definition) is 2. The fourth-order valence-corrected chi connectivity index (χ4v) is 2.22. The second-order valence-corrected chi connectivity index (χ2v) is 4.87. The Bertz CT molecular complexity index is 656. The maximum Gasteiger partial charge on any atom is 0.339 e. The van der Waals surface area contributed by atoms with Gasteiger partial charge < -0.3 is 14.9 Å². The monoisotopic (exact) mass is 312 g/mol. The van der Waals surface area contributed by atoms with Gasteiger partial charge in [0.2, 0.25) is 0 Å². The number of phenolic OH excluding ortho intramolecular Hbond substituents is 1. The Balaban J connectivity index is 2.27. The molecule has 2 rings (SSSR count). The predicted octanol–water partition coefficient (Wildman–Crippen LogP) is 3.98. The first kappa shape index (κ1) is 14.5. The van der Waals surface area contributed by atoms with Crippen LogP contribution in [0.2, 0.25) is 10.0 Å². The summed E-state index contributed by atoms with van der Waals surface area (Å²) in [5, 5.41) is 18.8. The number of aromatic carboxylic acids is 1. The molecule has 0 aliphatic heterocycles. The number of benzene rings is 2. The van der Waals surface area contributed by atoms with Gasteiger partial charge in [-0.25, -0.2) is 4.79 Å². The Kier molecular flexibility index (Phi) is 4.37. The highest BCUT2D eigenvalue weighted by Crippen LogP contribution is 2.33. The van der Waals surface area contributed by atoms with Gasteiger partial charge in [0.05, 0.1) is 5.02 Å². The van der Waals surface area contributed by atoms with Crippen molar-refractivity contribution in [2.75, 3.05) is 0 Å². The van der Waals surface area contributed by atoms with E-state index in [1.807, 2.05) is 0 Å². The van der Waals surface area contributed by atoms with Gasteiger partial charge in [0.25, 0.3) is 0 Å². The number of carbonyl (C=O) groups is 1. The first-order valence-corrected chi connectivity index (χ1v) is 6.36. The quantitative estimate of drug-likeness (QED) is 0.896. The fourth-order valence-electron chi connectivity index (χ4n) is 1.67. The van der Waals surface area contributed by atoms with Crippen LogP contribution in [-0.2, 0) is 6.61 Å². The van der Waals surface area contributed by atoms with Crippen LogP contribution in [0, 0.1) is 0 Å². The summed E-state index contributed by atoms with van der Waals surface area (Å²) in [6, 6.07) is 9.13. The smallest absolute Gasteiger partial charge is 0.339 e. The first-order chi connectivity index (χ1) is 9.47. The number of carboxylic acids is 1. The average molecular weight is 313 g/mol. The summed E-state index contributed by atoms with van der Waals surface area (Å²) in [6.07, 6.45) is 0. The molecule has 0 bridgehead atoms. The maximum atomic E-state index is 11.2. The third-order valence-electron chi connectivity index (χ3n) is 2.53. The van der Waals surface area contributed by atoms with E-state index in [1.54, 1.807) is 12.1 Å². The Morgan fingerprint density at radius 3 is 2.60 bits per heavy atom. The van der Waals surface area contributed by atoms with Crippen molar-refractivity contribution in [3.8, 4) is 11.5 Å². The lowest BCUT2D eigenvalue weighted by Gasteiger charge is -2.11. The van der Waals surface area contributed by atoms with Crippen LogP contribution in [0.25, 0.3) is 0 Å². The maximum absolute atomic E-state index is 11.2. The number of ether oxygens (including phenoxy) is 1. The third kappa shape index (κ3) is 3.35. The molecule has 0 amide bonds. The molecule has 0 saturated carbocycles. The van der Waals surface area contributed by atoms with Crippen molar-refractivity contribution in [1.82, 2.24) is 0 Å². The van der Waals surface area contributed by atoms with Crippen molar-refractivity contribution in [3.63, 3.8) is 0 Å². The summed E-state index contributed by atoms with van der Waals surface area (Å²) in [6.45, 7) is 0.0794. The normalized spacial score (nSPS) is 10.3. The lowest BCUT2D eigenvalue weighted by molar-refractivity contribution is 0.0691. The average Bonchev–Trinajstić information content (AvgIpc) is 2.36. The molecule has 0 fully saturated rings. The molecule has 0 heterocycles. The van der Waals surface area contributed by atoms with Crippen molar-refractivity contribution < 1.29 is 19.7 Å². The minimum absolute atomic E-state index is 0.0481. The highest BCUT2D eigenvalue weighted by Gasteiger charge is 2.16. The molecule has 0 unspecified atom stereocenters. The van der Waals surface area contributed by atoms with E-state index in [0.29, 0.717) is 5.56 Å². The van der Waals surface area contributed by atoms with E-state index >= 15 is 0 Å². The van der Waals surface area contributed by atoms with Gasteiger partial charge in [-0.1, -0.05) is 35.3 Å². The zero-order chi connectivity index (χ0) is 14.7. The van der Waals surface area contributed by atoms with Crippen LogP contribution in [0.5, 0.6) is 11.5 Å². The van der Waals surface area contributed by atoms with Crippen LogP contribution in [0.1, 0.15) is 15.9 Å². The van der Waals surface area contributed by atoms with E-state index in [-0.39, 0.29) is 33.7 Å². The van der Waals surface area contributed by atoms with Crippen LogP contribution in [0.4, 0.5) is 0 Å². The molecule has 0 atom stereocenters. The van der Waals surface area contributed by atoms with Gasteiger partial charge in [-0.2, -0.15) is 0 Å². The second-order valence-electron chi connectivity index (χ2n) is 4.03. The topological polar surface area (TPSA) is 66.8 Å². The molecule has 20 heavy (non-hydrogen) atoms. The molecule has 6 heteroatoms. The molecule has 0 spiro atoms. The summed E-state index contributed by atoms with van der Waals surface area (Å²) >= 11 is 11.7. The molecule has 0 aliphatic rings. The van der Waals surface area contributed by atoms with Crippen LogP contribution in [0.3, 0.4) is 0 Å². The number of aromatic hydroxyl groups is 1. The molecular formula is C14H10Cl2O4. The van der Waals surface area contributed by atoms with Gasteiger partial charge in [-0.05, 0) is 29.8 Å². The zero-order valence-corrected chi connectivity index (χ0v) is 11.6. The summed E-state index contributed by atoms with van der Waals surface area (Å²) in [7, 11) is 0. The summed E-state index contributed by atoms with van der Waals surface area (Å²) in [5.74, 6) is -1.03. The van der Waals surface area contributed by atoms with Crippen LogP contribution in [-0.4, -0.2) is 16.2 Å². The molecule has 0 radical (unpaired) electrons. The lowest BCUT2D eigenvalue weighted by atomic mass is 10.2. The van der Waals surface area contributed by atoms with Gasteiger partial charge in [0.1, 0.15) is 17.9 Å². The van der Waals surface area contributed by atoms with Crippen molar-refractivity contribution in [1.29, 1.82) is 0 Å². The zero-order valence-electron chi connectivity index (χ0n) is 10.1. The van der Waals surface area contributed by atoms with E-state index in [0.717, 1.165) is 0 Å². The highest BCUT2D eigenvalue weighted by molar-refractivity contribution is 6.36. The molecular weight excluding hydrogens is 303 g/mol. The van der Waals surface area contributed by atoms with Crippen molar-refractivity contribution >= 4 is 29.2 Å².